The van der Waals surface area contributed by atoms with Crippen LogP contribution >= 0.6 is 0 Å². The maximum absolute atomic E-state index is 11.3. The highest BCUT2D eigenvalue weighted by Gasteiger charge is 2.23. The SMILES string of the molecule is CCNC(=O)CCNC1CCCS(=O)(=O)C1. The molecule has 5 nitrogen and oxygen atoms in total. The molecule has 0 aromatic rings. The van der Waals surface area contributed by atoms with E-state index in [1.807, 2.05) is 6.92 Å². The van der Waals surface area contributed by atoms with Crippen molar-refractivity contribution in [1.82, 2.24) is 10.6 Å². The number of carbonyl (C=O) groups is 1. The molecule has 0 saturated carbocycles. The Morgan fingerprint density at radius 3 is 2.81 bits per heavy atom. The zero-order valence-corrected chi connectivity index (χ0v) is 10.5. The first kappa shape index (κ1) is 13.4. The lowest BCUT2D eigenvalue weighted by atomic mass is 10.2. The normalized spacial score (nSPS) is 23.9. The summed E-state index contributed by atoms with van der Waals surface area (Å²) < 4.78 is 22.7. The molecule has 1 fully saturated rings. The number of sulfone groups is 1. The van der Waals surface area contributed by atoms with Crippen molar-refractivity contribution in [2.75, 3.05) is 24.6 Å². The Kier molecular flexibility index (Phi) is 5.21. The Labute approximate surface area is 96.9 Å². The third-order valence-corrected chi connectivity index (χ3v) is 4.44. The van der Waals surface area contributed by atoms with Crippen molar-refractivity contribution >= 4 is 15.7 Å². The third kappa shape index (κ3) is 4.94. The number of rotatable bonds is 5. The van der Waals surface area contributed by atoms with Crippen molar-refractivity contribution in [3.63, 3.8) is 0 Å². The van der Waals surface area contributed by atoms with Crippen LogP contribution in [0, 0.1) is 0 Å². The summed E-state index contributed by atoms with van der Waals surface area (Å²) in [5.74, 6) is 0.526. The fourth-order valence-electron chi connectivity index (χ4n) is 1.86. The second-order valence-corrected chi connectivity index (χ2v) is 6.34. The highest BCUT2D eigenvalue weighted by molar-refractivity contribution is 7.91. The summed E-state index contributed by atoms with van der Waals surface area (Å²) in [6, 6.07) is 0.0215. The summed E-state index contributed by atoms with van der Waals surface area (Å²) in [5, 5.41) is 5.83. The van der Waals surface area contributed by atoms with Crippen LogP contribution in [0.25, 0.3) is 0 Å². The van der Waals surface area contributed by atoms with Crippen LogP contribution < -0.4 is 10.6 Å². The largest absolute Gasteiger partial charge is 0.356 e. The molecule has 1 unspecified atom stereocenters. The first-order valence-electron chi connectivity index (χ1n) is 5.74. The molecule has 1 saturated heterocycles. The van der Waals surface area contributed by atoms with E-state index in [0.717, 1.165) is 12.8 Å². The molecule has 1 aliphatic rings. The molecule has 16 heavy (non-hydrogen) atoms. The zero-order chi connectivity index (χ0) is 12.0. The molecule has 0 aromatic heterocycles. The van der Waals surface area contributed by atoms with E-state index >= 15 is 0 Å². The summed E-state index contributed by atoms with van der Waals surface area (Å²) >= 11 is 0. The van der Waals surface area contributed by atoms with Crippen molar-refractivity contribution in [2.24, 2.45) is 0 Å². The van der Waals surface area contributed by atoms with E-state index in [9.17, 15) is 13.2 Å². The molecular weight excluding hydrogens is 228 g/mol. The molecule has 1 rings (SSSR count). The van der Waals surface area contributed by atoms with E-state index in [-0.39, 0.29) is 17.7 Å². The predicted octanol–water partition coefficient (Wildman–Crippen LogP) is -0.321. The quantitative estimate of drug-likeness (QED) is 0.699. The van der Waals surface area contributed by atoms with Gasteiger partial charge in [-0.3, -0.25) is 4.79 Å². The van der Waals surface area contributed by atoms with E-state index in [1.54, 1.807) is 0 Å². The summed E-state index contributed by atoms with van der Waals surface area (Å²) in [7, 11) is -2.86. The first-order chi connectivity index (χ1) is 7.53. The second-order valence-electron chi connectivity index (χ2n) is 4.11. The minimum atomic E-state index is -2.86. The third-order valence-electron chi connectivity index (χ3n) is 2.62. The first-order valence-corrected chi connectivity index (χ1v) is 7.56. The van der Waals surface area contributed by atoms with Gasteiger partial charge in [-0.1, -0.05) is 0 Å². The molecule has 94 valence electrons. The summed E-state index contributed by atoms with van der Waals surface area (Å²) in [5.41, 5.74) is 0. The monoisotopic (exact) mass is 248 g/mol. The van der Waals surface area contributed by atoms with Crippen molar-refractivity contribution in [2.45, 2.75) is 32.2 Å². The highest BCUT2D eigenvalue weighted by Crippen LogP contribution is 2.11. The van der Waals surface area contributed by atoms with Gasteiger partial charge in [-0.25, -0.2) is 8.42 Å². The van der Waals surface area contributed by atoms with Crippen molar-refractivity contribution in [3.8, 4) is 0 Å². The van der Waals surface area contributed by atoms with E-state index in [2.05, 4.69) is 10.6 Å². The van der Waals surface area contributed by atoms with E-state index in [4.69, 9.17) is 0 Å². The fourth-order valence-corrected chi connectivity index (χ4v) is 3.53. The van der Waals surface area contributed by atoms with Crippen LogP contribution in [0.15, 0.2) is 0 Å². The lowest BCUT2D eigenvalue weighted by Gasteiger charge is -2.22. The molecule has 0 bridgehead atoms. The maximum Gasteiger partial charge on any atom is 0.221 e. The predicted molar refractivity (Wildman–Crippen MR) is 63.0 cm³/mol. The maximum atomic E-state index is 11.3. The minimum Gasteiger partial charge on any atom is -0.356 e. The van der Waals surface area contributed by atoms with Crippen LogP contribution in [0.3, 0.4) is 0 Å². The Morgan fingerprint density at radius 1 is 1.44 bits per heavy atom. The Hall–Kier alpha value is -0.620. The van der Waals surface area contributed by atoms with Crippen LogP contribution in [-0.2, 0) is 14.6 Å². The van der Waals surface area contributed by atoms with Gasteiger partial charge in [0.15, 0.2) is 9.84 Å². The van der Waals surface area contributed by atoms with Crippen molar-refractivity contribution in [3.05, 3.63) is 0 Å². The Bertz CT molecular complexity index is 327. The molecule has 1 heterocycles. The molecule has 0 aliphatic carbocycles. The van der Waals surface area contributed by atoms with Crippen LogP contribution in [0.5, 0.6) is 0 Å². The average molecular weight is 248 g/mol. The van der Waals surface area contributed by atoms with Gasteiger partial charge in [-0.05, 0) is 19.8 Å². The minimum absolute atomic E-state index is 0.00802. The topological polar surface area (TPSA) is 75.3 Å². The number of amides is 1. The van der Waals surface area contributed by atoms with Crippen LogP contribution in [-0.4, -0.2) is 45.0 Å². The molecule has 0 aromatic carbocycles. The summed E-state index contributed by atoms with van der Waals surface area (Å²) in [6.45, 7) is 3.06. The van der Waals surface area contributed by atoms with Gasteiger partial charge in [-0.2, -0.15) is 0 Å². The standard InChI is InChI=1S/C10H20N2O3S/c1-2-11-10(13)5-6-12-9-4-3-7-16(14,15)8-9/h9,12H,2-8H2,1H3,(H,11,13). The van der Waals surface area contributed by atoms with Gasteiger partial charge < -0.3 is 10.6 Å². The van der Waals surface area contributed by atoms with Crippen LogP contribution in [0.1, 0.15) is 26.2 Å². The van der Waals surface area contributed by atoms with Crippen LogP contribution in [0.4, 0.5) is 0 Å². The molecule has 0 spiro atoms. The lowest BCUT2D eigenvalue weighted by Crippen LogP contribution is -2.41. The Morgan fingerprint density at radius 2 is 2.19 bits per heavy atom. The molecule has 6 heteroatoms. The number of nitrogens with one attached hydrogen (secondary N) is 2. The Balaban J connectivity index is 2.20. The summed E-state index contributed by atoms with van der Waals surface area (Å²) in [4.78, 5) is 11.1. The van der Waals surface area contributed by atoms with E-state index in [0.29, 0.717) is 25.3 Å². The average Bonchev–Trinajstić information content (AvgIpc) is 2.16. The lowest BCUT2D eigenvalue weighted by molar-refractivity contribution is -0.120. The van der Waals surface area contributed by atoms with Gasteiger partial charge in [-0.15, -0.1) is 0 Å². The fraction of sp³-hybridized carbons (Fsp3) is 0.900. The van der Waals surface area contributed by atoms with E-state index < -0.39 is 9.84 Å². The van der Waals surface area contributed by atoms with Gasteiger partial charge in [0, 0.05) is 25.6 Å². The van der Waals surface area contributed by atoms with Gasteiger partial charge in [0.1, 0.15) is 0 Å². The molecule has 1 amide bonds. The molecule has 2 N–H and O–H groups in total. The number of hydrogen-bond acceptors (Lipinski definition) is 4. The molecule has 1 aliphatic heterocycles. The molecule has 0 radical (unpaired) electrons. The smallest absolute Gasteiger partial charge is 0.221 e. The van der Waals surface area contributed by atoms with Crippen LogP contribution in [0.2, 0.25) is 0 Å². The second kappa shape index (κ2) is 6.20. The van der Waals surface area contributed by atoms with Gasteiger partial charge in [0.2, 0.25) is 5.91 Å². The molecule has 1 atom stereocenters. The van der Waals surface area contributed by atoms with Gasteiger partial charge >= 0.3 is 0 Å². The van der Waals surface area contributed by atoms with E-state index in [1.165, 1.54) is 0 Å². The highest BCUT2D eigenvalue weighted by atomic mass is 32.2. The number of carbonyl (C=O) groups excluding carboxylic acids is 1. The summed E-state index contributed by atoms with van der Waals surface area (Å²) in [6.07, 6.45) is 2.01. The van der Waals surface area contributed by atoms with Gasteiger partial charge in [0.25, 0.3) is 0 Å². The zero-order valence-electron chi connectivity index (χ0n) is 9.66. The number of hydrogen-bond donors (Lipinski definition) is 2. The van der Waals surface area contributed by atoms with Crippen molar-refractivity contribution < 1.29 is 13.2 Å². The van der Waals surface area contributed by atoms with Crippen molar-refractivity contribution in [1.29, 1.82) is 0 Å². The molecular formula is C10H20N2O3S. The van der Waals surface area contributed by atoms with Gasteiger partial charge in [0.05, 0.1) is 11.5 Å².